The van der Waals surface area contributed by atoms with Gasteiger partial charge in [-0.3, -0.25) is 9.59 Å². The third kappa shape index (κ3) is 3.66. The van der Waals surface area contributed by atoms with Crippen LogP contribution in [0, 0.1) is 0 Å². The maximum Gasteiger partial charge on any atom is 0.271 e. The van der Waals surface area contributed by atoms with Gasteiger partial charge in [-0.15, -0.1) is 0 Å². The Morgan fingerprint density at radius 1 is 1.06 bits per heavy atom. The Bertz CT molecular complexity index is 1080. The molecule has 0 unspecified atom stereocenters. The lowest BCUT2D eigenvalue weighted by Gasteiger charge is -2.45. The van der Waals surface area contributed by atoms with E-state index in [4.69, 9.17) is 8.83 Å². The van der Waals surface area contributed by atoms with Crippen LogP contribution in [0.4, 0.5) is 0 Å². The second-order valence-electron chi connectivity index (χ2n) is 9.04. The summed E-state index contributed by atoms with van der Waals surface area (Å²) in [7, 11) is 0. The molecule has 5 rings (SSSR count). The van der Waals surface area contributed by atoms with Crippen LogP contribution < -0.4 is 5.32 Å². The molecule has 7 nitrogen and oxygen atoms in total. The molecule has 0 aromatic carbocycles. The van der Waals surface area contributed by atoms with Gasteiger partial charge in [0.1, 0.15) is 22.8 Å². The number of carbonyl (C=O) groups excluding carboxylic acids is 2. The molecule has 3 aromatic rings. The fourth-order valence-electron chi connectivity index (χ4n) is 5.03. The lowest BCUT2D eigenvalue weighted by Crippen LogP contribution is -2.65. The first-order valence-electron chi connectivity index (χ1n) is 11.4. The van der Waals surface area contributed by atoms with E-state index in [1.165, 1.54) is 6.42 Å². The van der Waals surface area contributed by atoms with Crippen LogP contribution in [-0.4, -0.2) is 39.4 Å². The quantitative estimate of drug-likeness (QED) is 0.628. The zero-order valence-corrected chi connectivity index (χ0v) is 18.4. The van der Waals surface area contributed by atoms with Gasteiger partial charge in [0.25, 0.3) is 5.91 Å². The molecule has 0 bridgehead atoms. The summed E-state index contributed by atoms with van der Waals surface area (Å²) in [4.78, 5) is 29.0. The second-order valence-corrected chi connectivity index (χ2v) is 9.04. The number of hydrogen-bond acceptors (Lipinski definition) is 4. The molecule has 0 radical (unpaired) electrons. The van der Waals surface area contributed by atoms with Crippen molar-refractivity contribution < 1.29 is 18.4 Å². The lowest BCUT2D eigenvalue weighted by molar-refractivity contribution is -0.133. The molecule has 4 heterocycles. The summed E-state index contributed by atoms with van der Waals surface area (Å²) < 4.78 is 13.0. The van der Waals surface area contributed by atoms with Crippen molar-refractivity contribution in [1.82, 2.24) is 14.8 Å². The van der Waals surface area contributed by atoms with Gasteiger partial charge in [0.2, 0.25) is 5.91 Å². The topological polar surface area (TPSA) is 80.6 Å². The van der Waals surface area contributed by atoms with Crippen molar-refractivity contribution in [3.63, 3.8) is 0 Å². The fourth-order valence-corrected chi connectivity index (χ4v) is 5.03. The Morgan fingerprint density at radius 2 is 1.81 bits per heavy atom. The zero-order chi connectivity index (χ0) is 22.1. The van der Waals surface area contributed by atoms with Crippen LogP contribution in [-0.2, 0) is 17.8 Å². The van der Waals surface area contributed by atoms with E-state index in [-0.39, 0.29) is 17.9 Å². The number of hydrogen-bond donors (Lipinski definition) is 1. The molecule has 1 fully saturated rings. The van der Waals surface area contributed by atoms with Gasteiger partial charge >= 0.3 is 0 Å². The molecule has 1 atom stereocenters. The second kappa shape index (κ2) is 8.37. The van der Waals surface area contributed by atoms with Crippen LogP contribution in [0.15, 0.2) is 57.8 Å². The van der Waals surface area contributed by atoms with Crippen molar-refractivity contribution >= 4 is 11.8 Å². The molecule has 32 heavy (non-hydrogen) atoms. The van der Waals surface area contributed by atoms with Crippen LogP contribution >= 0.6 is 0 Å². The van der Waals surface area contributed by atoms with E-state index >= 15 is 0 Å². The fraction of sp³-hybridized carbons (Fsp3) is 0.440. The Hall–Kier alpha value is -3.22. The highest BCUT2D eigenvalue weighted by molar-refractivity contribution is 6.00. The number of carbonyl (C=O) groups is 2. The van der Waals surface area contributed by atoms with Gasteiger partial charge in [0.15, 0.2) is 0 Å². The molecule has 168 valence electrons. The summed E-state index contributed by atoms with van der Waals surface area (Å²) in [6.07, 6.45) is 9.27. The van der Waals surface area contributed by atoms with Gasteiger partial charge in [-0.2, -0.15) is 0 Å². The summed E-state index contributed by atoms with van der Waals surface area (Å²) in [6.45, 7) is 2.65. The van der Waals surface area contributed by atoms with E-state index in [1.807, 2.05) is 47.9 Å². The average molecular weight is 436 g/mol. The number of aromatic nitrogens is 1. The predicted molar refractivity (Wildman–Crippen MR) is 119 cm³/mol. The number of rotatable bonds is 6. The molecular formula is C25H29N3O4. The summed E-state index contributed by atoms with van der Waals surface area (Å²) in [5, 5.41) is 3.26. The molecule has 0 spiro atoms. The Labute approximate surface area is 187 Å². The van der Waals surface area contributed by atoms with E-state index in [0.717, 1.165) is 37.1 Å². The monoisotopic (exact) mass is 435 g/mol. The number of furan rings is 2. The molecular weight excluding hydrogens is 406 g/mol. The third-order valence-corrected chi connectivity index (χ3v) is 6.87. The number of nitrogens with zero attached hydrogens (tertiary/aromatic N) is 2. The minimum Gasteiger partial charge on any atom is -0.469 e. The van der Waals surface area contributed by atoms with Crippen LogP contribution in [0.1, 0.15) is 55.3 Å². The Morgan fingerprint density at radius 3 is 2.53 bits per heavy atom. The van der Waals surface area contributed by atoms with Crippen LogP contribution in [0.5, 0.6) is 0 Å². The normalized spacial score (nSPS) is 21.5. The Balaban J connectivity index is 1.48. The molecule has 2 aliphatic rings. The van der Waals surface area contributed by atoms with Gasteiger partial charge in [-0.05, 0) is 56.2 Å². The van der Waals surface area contributed by atoms with Crippen molar-refractivity contribution in [2.75, 3.05) is 6.54 Å². The van der Waals surface area contributed by atoms with Gasteiger partial charge in [0.05, 0.1) is 24.8 Å². The van der Waals surface area contributed by atoms with Gasteiger partial charge < -0.3 is 23.6 Å². The standard InChI is InChI=1S/C25H29N3O4/c1-25(24(30)26-18-7-3-2-4-8-18)17-27-20(22-10-6-16-32-22)11-12-21(27)23(29)28(25)14-13-19-9-5-15-31-19/h5-6,9-12,15-16,18H,2-4,7-8,13-14,17H2,1H3,(H,26,30)/t25-/m1/s1. The maximum atomic E-state index is 13.7. The first-order valence-corrected chi connectivity index (χ1v) is 11.4. The van der Waals surface area contributed by atoms with Crippen molar-refractivity contribution in [2.45, 2.75) is 63.6 Å². The smallest absolute Gasteiger partial charge is 0.271 e. The number of nitrogens with one attached hydrogen (secondary N) is 1. The van der Waals surface area contributed by atoms with Crippen LogP contribution in [0.3, 0.4) is 0 Å². The molecule has 7 heteroatoms. The molecule has 0 saturated heterocycles. The van der Waals surface area contributed by atoms with E-state index in [2.05, 4.69) is 5.32 Å². The molecule has 3 aromatic heterocycles. The highest BCUT2D eigenvalue weighted by Gasteiger charge is 2.48. The van der Waals surface area contributed by atoms with E-state index in [1.54, 1.807) is 17.4 Å². The third-order valence-electron chi connectivity index (χ3n) is 6.87. The van der Waals surface area contributed by atoms with Crippen molar-refractivity contribution in [2.24, 2.45) is 0 Å². The van der Waals surface area contributed by atoms with Crippen LogP contribution in [0.2, 0.25) is 0 Å². The van der Waals surface area contributed by atoms with Crippen molar-refractivity contribution in [3.05, 3.63) is 60.4 Å². The Kier molecular flexibility index (Phi) is 5.41. The highest BCUT2D eigenvalue weighted by Crippen LogP contribution is 2.34. The summed E-state index contributed by atoms with van der Waals surface area (Å²) in [5.41, 5.74) is 0.355. The predicted octanol–water partition coefficient (Wildman–Crippen LogP) is 4.25. The maximum absolute atomic E-state index is 13.7. The summed E-state index contributed by atoms with van der Waals surface area (Å²) in [5.74, 6) is 1.23. The summed E-state index contributed by atoms with van der Waals surface area (Å²) in [6, 6.07) is 11.3. The molecule has 1 aliphatic carbocycles. The highest BCUT2D eigenvalue weighted by atomic mass is 16.3. The van der Waals surface area contributed by atoms with E-state index in [0.29, 0.717) is 31.0 Å². The molecule has 1 N–H and O–H groups in total. The van der Waals surface area contributed by atoms with E-state index < -0.39 is 5.54 Å². The van der Waals surface area contributed by atoms with Crippen LogP contribution in [0.25, 0.3) is 11.5 Å². The number of fused-ring (bicyclic) bond motifs is 1. The van der Waals surface area contributed by atoms with Crippen molar-refractivity contribution in [1.29, 1.82) is 0 Å². The minimum absolute atomic E-state index is 0.0954. The van der Waals surface area contributed by atoms with Gasteiger partial charge in [-0.1, -0.05) is 19.3 Å². The van der Waals surface area contributed by atoms with E-state index in [9.17, 15) is 9.59 Å². The molecule has 1 aliphatic heterocycles. The lowest BCUT2D eigenvalue weighted by atomic mass is 9.91. The first kappa shape index (κ1) is 20.7. The van der Waals surface area contributed by atoms with Crippen molar-refractivity contribution in [3.8, 4) is 11.5 Å². The minimum atomic E-state index is -1.02. The average Bonchev–Trinajstić information content (AvgIpc) is 3.56. The van der Waals surface area contributed by atoms with Gasteiger partial charge in [-0.25, -0.2) is 0 Å². The number of amides is 2. The van der Waals surface area contributed by atoms with Gasteiger partial charge in [0, 0.05) is 19.0 Å². The SMILES string of the molecule is C[C@]1(C(=O)NC2CCCCC2)Cn2c(ccc2-c2ccco2)C(=O)N1CCc1ccco1. The molecule has 1 saturated carbocycles. The summed E-state index contributed by atoms with van der Waals surface area (Å²) >= 11 is 0. The zero-order valence-electron chi connectivity index (χ0n) is 18.4. The largest absolute Gasteiger partial charge is 0.469 e. The first-order chi connectivity index (χ1) is 15.6. The molecule has 2 amide bonds.